The van der Waals surface area contributed by atoms with Crippen LogP contribution in [0.2, 0.25) is 0 Å². The summed E-state index contributed by atoms with van der Waals surface area (Å²) in [6, 6.07) is 2.13. The summed E-state index contributed by atoms with van der Waals surface area (Å²) in [5.74, 6) is 3.46. The van der Waals surface area contributed by atoms with Crippen molar-refractivity contribution in [2.75, 3.05) is 19.6 Å². The summed E-state index contributed by atoms with van der Waals surface area (Å²) in [5.41, 5.74) is 1.35. The molecule has 0 radical (unpaired) electrons. The first-order valence-electron chi connectivity index (χ1n) is 8.04. The molecule has 1 aliphatic heterocycles. The van der Waals surface area contributed by atoms with Crippen LogP contribution in [0.25, 0.3) is 0 Å². The van der Waals surface area contributed by atoms with Crippen LogP contribution in [0.1, 0.15) is 45.4 Å². The fraction of sp³-hybridized carbons (Fsp3) is 0.765. The quantitative estimate of drug-likeness (QED) is 0.827. The molecular formula is C17H30N2O. The highest BCUT2D eigenvalue weighted by atomic mass is 16.3. The van der Waals surface area contributed by atoms with Gasteiger partial charge in [-0.1, -0.05) is 27.7 Å². The molecule has 1 aromatic heterocycles. The van der Waals surface area contributed by atoms with Crippen molar-refractivity contribution < 1.29 is 4.42 Å². The number of nitrogens with one attached hydrogen (secondary N) is 1. The molecule has 0 saturated carbocycles. The molecule has 0 aliphatic carbocycles. The number of rotatable bonds is 7. The van der Waals surface area contributed by atoms with Gasteiger partial charge < -0.3 is 9.73 Å². The third-order valence-electron chi connectivity index (χ3n) is 4.32. The predicted molar refractivity (Wildman–Crippen MR) is 83.5 cm³/mol. The maximum Gasteiger partial charge on any atom is 0.122 e. The molecule has 0 amide bonds. The first-order chi connectivity index (χ1) is 9.56. The topological polar surface area (TPSA) is 28.4 Å². The molecule has 1 unspecified atom stereocenters. The molecule has 0 aromatic carbocycles. The van der Waals surface area contributed by atoms with Crippen molar-refractivity contribution in [1.82, 2.24) is 10.2 Å². The van der Waals surface area contributed by atoms with E-state index in [2.05, 4.69) is 44.0 Å². The van der Waals surface area contributed by atoms with Crippen molar-refractivity contribution in [3.05, 3.63) is 23.7 Å². The van der Waals surface area contributed by atoms with Crippen molar-refractivity contribution in [2.24, 2.45) is 17.8 Å². The van der Waals surface area contributed by atoms with Crippen molar-refractivity contribution in [1.29, 1.82) is 0 Å². The van der Waals surface area contributed by atoms with Gasteiger partial charge in [0.15, 0.2) is 0 Å². The Morgan fingerprint density at radius 1 is 1.35 bits per heavy atom. The largest absolute Gasteiger partial charge is 0.468 e. The van der Waals surface area contributed by atoms with Crippen LogP contribution in [-0.4, -0.2) is 24.5 Å². The van der Waals surface area contributed by atoms with Crippen LogP contribution in [0.3, 0.4) is 0 Å². The fourth-order valence-corrected chi connectivity index (χ4v) is 2.93. The summed E-state index contributed by atoms with van der Waals surface area (Å²) in [6.07, 6.45) is 3.17. The van der Waals surface area contributed by atoms with Gasteiger partial charge in [-0.05, 0) is 43.3 Å². The highest BCUT2D eigenvalue weighted by Gasteiger charge is 2.25. The van der Waals surface area contributed by atoms with E-state index in [9.17, 15) is 0 Å². The Morgan fingerprint density at radius 3 is 2.80 bits per heavy atom. The molecule has 1 N–H and O–H groups in total. The molecule has 3 heteroatoms. The smallest absolute Gasteiger partial charge is 0.122 e. The Bertz CT molecular complexity index is 397. The van der Waals surface area contributed by atoms with Gasteiger partial charge in [0.25, 0.3) is 0 Å². The third kappa shape index (κ3) is 4.35. The van der Waals surface area contributed by atoms with E-state index >= 15 is 0 Å². The Kier molecular flexibility index (Phi) is 5.67. The zero-order valence-corrected chi connectivity index (χ0v) is 13.5. The predicted octanol–water partition coefficient (Wildman–Crippen LogP) is 3.50. The van der Waals surface area contributed by atoms with Crippen LogP contribution in [0, 0.1) is 17.8 Å². The van der Waals surface area contributed by atoms with Gasteiger partial charge in [-0.3, -0.25) is 4.90 Å². The minimum absolute atomic E-state index is 0.679. The average Bonchev–Trinajstić information content (AvgIpc) is 2.99. The van der Waals surface area contributed by atoms with E-state index in [4.69, 9.17) is 4.42 Å². The van der Waals surface area contributed by atoms with E-state index in [0.29, 0.717) is 5.92 Å². The van der Waals surface area contributed by atoms with Crippen molar-refractivity contribution in [2.45, 2.75) is 47.2 Å². The highest BCUT2D eigenvalue weighted by Crippen LogP contribution is 2.25. The van der Waals surface area contributed by atoms with Gasteiger partial charge in [-0.25, -0.2) is 0 Å². The number of likely N-dealkylation sites (tertiary alicyclic amines) is 1. The second-order valence-corrected chi connectivity index (χ2v) is 6.92. The number of furan rings is 1. The Hall–Kier alpha value is -0.800. The number of nitrogens with zero attached hydrogens (tertiary/aromatic N) is 1. The maximum absolute atomic E-state index is 5.64. The van der Waals surface area contributed by atoms with Crippen LogP contribution in [0.15, 0.2) is 16.7 Å². The lowest BCUT2D eigenvalue weighted by Crippen LogP contribution is -2.23. The molecule has 1 saturated heterocycles. The van der Waals surface area contributed by atoms with E-state index in [1.807, 2.05) is 6.26 Å². The lowest BCUT2D eigenvalue weighted by atomic mass is 9.95. The molecule has 2 rings (SSSR count). The molecule has 2 heterocycles. The molecule has 1 aliphatic rings. The molecule has 3 nitrogen and oxygen atoms in total. The van der Waals surface area contributed by atoms with Crippen LogP contribution in [0.5, 0.6) is 0 Å². The molecule has 1 aromatic rings. The van der Waals surface area contributed by atoms with Gasteiger partial charge in [0.2, 0.25) is 0 Å². The van der Waals surface area contributed by atoms with E-state index in [1.165, 1.54) is 25.1 Å². The monoisotopic (exact) mass is 278 g/mol. The molecule has 114 valence electrons. The number of hydrogen-bond acceptors (Lipinski definition) is 3. The van der Waals surface area contributed by atoms with Crippen molar-refractivity contribution in [3.63, 3.8) is 0 Å². The summed E-state index contributed by atoms with van der Waals surface area (Å²) < 4.78 is 5.64. The van der Waals surface area contributed by atoms with Crippen LogP contribution in [0.4, 0.5) is 0 Å². The van der Waals surface area contributed by atoms with E-state index in [1.54, 1.807) is 0 Å². The van der Waals surface area contributed by atoms with Gasteiger partial charge in [0.1, 0.15) is 5.76 Å². The molecular weight excluding hydrogens is 248 g/mol. The van der Waals surface area contributed by atoms with E-state index in [0.717, 1.165) is 37.2 Å². The van der Waals surface area contributed by atoms with Crippen LogP contribution < -0.4 is 5.32 Å². The van der Waals surface area contributed by atoms with Gasteiger partial charge in [-0.15, -0.1) is 0 Å². The molecule has 0 bridgehead atoms. The fourth-order valence-electron chi connectivity index (χ4n) is 2.93. The van der Waals surface area contributed by atoms with Gasteiger partial charge in [0, 0.05) is 18.7 Å². The number of hydrogen-bond donors (Lipinski definition) is 1. The minimum Gasteiger partial charge on any atom is -0.468 e. The third-order valence-corrected chi connectivity index (χ3v) is 4.32. The SMILES string of the molecule is CC(C)CNCc1occc1CN1CCC(C(C)C)C1. The van der Waals surface area contributed by atoms with Gasteiger partial charge >= 0.3 is 0 Å². The van der Waals surface area contributed by atoms with E-state index in [-0.39, 0.29) is 0 Å². The second kappa shape index (κ2) is 7.28. The van der Waals surface area contributed by atoms with Gasteiger partial charge in [0.05, 0.1) is 12.8 Å². The summed E-state index contributed by atoms with van der Waals surface area (Å²) in [5, 5.41) is 3.47. The normalized spacial score (nSPS) is 20.4. The minimum atomic E-state index is 0.679. The van der Waals surface area contributed by atoms with E-state index < -0.39 is 0 Å². The molecule has 1 fully saturated rings. The molecule has 1 atom stereocenters. The summed E-state index contributed by atoms with van der Waals surface area (Å²) in [4.78, 5) is 2.57. The summed E-state index contributed by atoms with van der Waals surface area (Å²) in [6.45, 7) is 14.5. The molecule has 0 spiro atoms. The first-order valence-corrected chi connectivity index (χ1v) is 8.04. The average molecular weight is 278 g/mol. The van der Waals surface area contributed by atoms with Crippen LogP contribution in [-0.2, 0) is 13.1 Å². The Labute approximate surface area is 123 Å². The lowest BCUT2D eigenvalue weighted by molar-refractivity contribution is 0.294. The van der Waals surface area contributed by atoms with Crippen molar-refractivity contribution >= 4 is 0 Å². The second-order valence-electron chi connectivity index (χ2n) is 6.92. The highest BCUT2D eigenvalue weighted by molar-refractivity contribution is 5.17. The summed E-state index contributed by atoms with van der Waals surface area (Å²) in [7, 11) is 0. The summed E-state index contributed by atoms with van der Waals surface area (Å²) >= 11 is 0. The Balaban J connectivity index is 1.83. The van der Waals surface area contributed by atoms with Gasteiger partial charge in [-0.2, -0.15) is 0 Å². The Morgan fingerprint density at radius 2 is 2.15 bits per heavy atom. The van der Waals surface area contributed by atoms with Crippen LogP contribution >= 0.6 is 0 Å². The lowest BCUT2D eigenvalue weighted by Gasteiger charge is -2.18. The standard InChI is InChI=1S/C17H30N2O/c1-13(2)9-18-10-17-16(6-8-20-17)12-19-7-5-15(11-19)14(3)4/h6,8,13-15,18H,5,7,9-12H2,1-4H3. The zero-order chi connectivity index (χ0) is 14.5. The first kappa shape index (κ1) is 15.6. The zero-order valence-electron chi connectivity index (χ0n) is 13.5. The van der Waals surface area contributed by atoms with Crippen molar-refractivity contribution in [3.8, 4) is 0 Å². The molecule has 20 heavy (non-hydrogen) atoms. The maximum atomic E-state index is 5.64.